The topological polar surface area (TPSA) is 111 Å². The molecule has 2 aromatic heterocycles. The number of pyridine rings is 1. The number of nitrogens with two attached hydrogens (primary N) is 1. The van der Waals surface area contributed by atoms with Gasteiger partial charge in [-0.2, -0.15) is 0 Å². The molecule has 4 N–H and O–H groups in total. The van der Waals surface area contributed by atoms with Crippen LogP contribution in [0.15, 0.2) is 71.5 Å². The Labute approximate surface area is 241 Å². The molecule has 0 spiro atoms. The van der Waals surface area contributed by atoms with Crippen LogP contribution in [0.3, 0.4) is 0 Å². The largest absolute Gasteiger partial charge is 0.489 e. The molecule has 4 aromatic rings. The van der Waals surface area contributed by atoms with Crippen molar-refractivity contribution in [3.8, 4) is 17.0 Å². The zero-order valence-corrected chi connectivity index (χ0v) is 24.3. The lowest BCUT2D eigenvalue weighted by Gasteiger charge is -2.21. The molecule has 2 atom stereocenters. The fourth-order valence-electron chi connectivity index (χ4n) is 4.03. The van der Waals surface area contributed by atoms with E-state index in [9.17, 15) is 9.59 Å². The number of ether oxygens (including phenoxy) is 1. The average Bonchev–Trinajstić information content (AvgIpc) is 3.34. The summed E-state index contributed by atoms with van der Waals surface area (Å²) in [6.45, 7) is 5.64. The normalized spacial score (nSPS) is 12.8. The van der Waals surface area contributed by atoms with Crippen LogP contribution < -0.4 is 21.1 Å². The molecule has 0 aliphatic carbocycles. The van der Waals surface area contributed by atoms with E-state index in [0.717, 1.165) is 26.9 Å². The molecular formula is C29H31BrClN5O3. The molecule has 4 rings (SSSR count). The molecule has 0 radical (unpaired) electrons. The molecule has 2 aromatic carbocycles. The van der Waals surface area contributed by atoms with Crippen LogP contribution in [0.4, 0.5) is 0 Å². The Bertz CT molecular complexity index is 1470. The quantitative estimate of drug-likeness (QED) is 0.233. The third kappa shape index (κ3) is 7.38. The van der Waals surface area contributed by atoms with E-state index in [-0.39, 0.29) is 30.5 Å². The summed E-state index contributed by atoms with van der Waals surface area (Å²) in [6, 6.07) is 15.8. The number of benzene rings is 2. The Kier molecular flexibility index (Phi) is 9.27. The van der Waals surface area contributed by atoms with Gasteiger partial charge >= 0.3 is 0 Å². The van der Waals surface area contributed by atoms with Gasteiger partial charge in [0.15, 0.2) is 5.65 Å². The summed E-state index contributed by atoms with van der Waals surface area (Å²) in [6.07, 6.45) is 4.38. The molecule has 204 valence electrons. The van der Waals surface area contributed by atoms with Crippen LogP contribution in [0, 0.1) is 0 Å². The number of rotatable bonds is 10. The molecule has 2 amide bonds. The second-order valence-electron chi connectivity index (χ2n) is 9.63. The molecule has 0 saturated carbocycles. The van der Waals surface area contributed by atoms with Gasteiger partial charge in [0.1, 0.15) is 5.75 Å². The van der Waals surface area contributed by atoms with Crippen LogP contribution in [0.5, 0.6) is 5.75 Å². The van der Waals surface area contributed by atoms with Gasteiger partial charge in [-0.3, -0.25) is 9.59 Å². The first-order valence-corrected chi connectivity index (χ1v) is 13.8. The molecule has 39 heavy (non-hydrogen) atoms. The van der Waals surface area contributed by atoms with Crippen molar-refractivity contribution < 1.29 is 14.3 Å². The summed E-state index contributed by atoms with van der Waals surface area (Å²) in [7, 11) is 0. The second-order valence-corrected chi connectivity index (χ2v) is 10.9. The zero-order chi connectivity index (χ0) is 28.1. The first-order chi connectivity index (χ1) is 18.6. The number of carbonyl (C=O) groups is 2. The van der Waals surface area contributed by atoms with Crippen LogP contribution in [0.25, 0.3) is 16.9 Å². The lowest BCUT2D eigenvalue weighted by atomic mass is 10.0. The van der Waals surface area contributed by atoms with E-state index in [2.05, 4.69) is 26.6 Å². The molecule has 10 heteroatoms. The highest BCUT2D eigenvalue weighted by Gasteiger charge is 2.18. The van der Waals surface area contributed by atoms with Crippen molar-refractivity contribution in [2.75, 3.05) is 6.54 Å². The van der Waals surface area contributed by atoms with Gasteiger partial charge < -0.3 is 25.5 Å². The number of amides is 2. The number of aromatic nitrogens is 2. The first kappa shape index (κ1) is 28.6. The van der Waals surface area contributed by atoms with Gasteiger partial charge in [0.05, 0.1) is 33.4 Å². The smallest absolute Gasteiger partial charge is 0.251 e. The third-order valence-corrected chi connectivity index (χ3v) is 6.91. The average molecular weight is 613 g/mol. The summed E-state index contributed by atoms with van der Waals surface area (Å²) in [4.78, 5) is 30.0. The number of carbonyl (C=O) groups excluding carboxylic acids is 2. The van der Waals surface area contributed by atoms with Crippen molar-refractivity contribution in [1.82, 2.24) is 20.0 Å². The van der Waals surface area contributed by atoms with Gasteiger partial charge in [0.2, 0.25) is 5.91 Å². The highest BCUT2D eigenvalue weighted by molar-refractivity contribution is 9.10. The molecule has 8 nitrogen and oxygen atoms in total. The van der Waals surface area contributed by atoms with Crippen molar-refractivity contribution >= 4 is 45.0 Å². The molecule has 0 fully saturated rings. The van der Waals surface area contributed by atoms with E-state index >= 15 is 0 Å². The predicted octanol–water partition coefficient (Wildman–Crippen LogP) is 5.01. The second kappa shape index (κ2) is 12.6. The van der Waals surface area contributed by atoms with Crippen LogP contribution in [0.2, 0.25) is 5.02 Å². The highest BCUT2D eigenvalue weighted by atomic mass is 79.9. The number of hydrogen-bond acceptors (Lipinski definition) is 5. The molecule has 0 aliphatic heterocycles. The molecule has 0 saturated heterocycles. The standard InChI is InChI=1S/C29H31BrClN5O3/c1-17(2)39-26-11-10-21(14-24(26)31)29(38)34-22(15-33-28(37)18(3)32)13-19-6-8-20(9-7-19)25-16-36-12-4-5-23(30)27(36)35-25/h4-12,14,16-18,22H,13,15,32H2,1-3H3,(H,33,37)(H,34,38)/t18-,22?/m0/s1. The Morgan fingerprint density at radius 1 is 1.13 bits per heavy atom. The maximum absolute atomic E-state index is 13.1. The van der Waals surface area contributed by atoms with Gasteiger partial charge in [-0.1, -0.05) is 35.9 Å². The van der Waals surface area contributed by atoms with Gasteiger partial charge in [0, 0.05) is 30.1 Å². The number of hydrogen-bond donors (Lipinski definition) is 3. The summed E-state index contributed by atoms with van der Waals surface area (Å²) >= 11 is 9.88. The minimum atomic E-state index is -0.654. The summed E-state index contributed by atoms with van der Waals surface area (Å²) in [5, 5.41) is 6.19. The number of halogens is 2. The fraction of sp³-hybridized carbons (Fsp3) is 0.276. The molecule has 0 bridgehead atoms. The maximum atomic E-state index is 13.1. The maximum Gasteiger partial charge on any atom is 0.251 e. The lowest BCUT2D eigenvalue weighted by molar-refractivity contribution is -0.122. The van der Waals surface area contributed by atoms with Crippen LogP contribution >= 0.6 is 27.5 Å². The van der Waals surface area contributed by atoms with Gasteiger partial charge in [-0.15, -0.1) is 0 Å². The van der Waals surface area contributed by atoms with Crippen molar-refractivity contribution in [3.05, 3.63) is 87.6 Å². The monoisotopic (exact) mass is 611 g/mol. The van der Waals surface area contributed by atoms with E-state index in [4.69, 9.17) is 27.1 Å². The molecule has 0 aliphatic rings. The van der Waals surface area contributed by atoms with E-state index < -0.39 is 6.04 Å². The predicted molar refractivity (Wildman–Crippen MR) is 157 cm³/mol. The number of imidazole rings is 1. The SMILES string of the molecule is CC(C)Oc1ccc(C(=O)NC(CNC(=O)[C@H](C)N)Cc2ccc(-c3cn4cccc(Br)c4n3)cc2)cc1Cl. The lowest BCUT2D eigenvalue weighted by Crippen LogP contribution is -2.48. The summed E-state index contributed by atoms with van der Waals surface area (Å²) in [5.74, 6) is -0.0807. The fourth-order valence-corrected chi connectivity index (χ4v) is 4.70. The van der Waals surface area contributed by atoms with Gasteiger partial charge in [0.25, 0.3) is 5.91 Å². The minimum Gasteiger partial charge on any atom is -0.489 e. The van der Waals surface area contributed by atoms with E-state index in [1.807, 2.05) is 67.0 Å². The Morgan fingerprint density at radius 2 is 1.87 bits per heavy atom. The number of fused-ring (bicyclic) bond motifs is 1. The van der Waals surface area contributed by atoms with Crippen LogP contribution in [0.1, 0.15) is 36.7 Å². The van der Waals surface area contributed by atoms with E-state index in [1.54, 1.807) is 25.1 Å². The Morgan fingerprint density at radius 3 is 2.51 bits per heavy atom. The number of nitrogens with zero attached hydrogens (tertiary/aromatic N) is 2. The van der Waals surface area contributed by atoms with Crippen LogP contribution in [-0.2, 0) is 11.2 Å². The first-order valence-electron chi connectivity index (χ1n) is 12.6. The van der Waals surface area contributed by atoms with Crippen molar-refractivity contribution in [1.29, 1.82) is 0 Å². The molecule has 2 heterocycles. The molecular weight excluding hydrogens is 582 g/mol. The van der Waals surface area contributed by atoms with E-state index in [0.29, 0.717) is 22.8 Å². The summed E-state index contributed by atoms with van der Waals surface area (Å²) in [5.41, 5.74) is 9.75. The Balaban J connectivity index is 1.49. The molecule has 1 unspecified atom stereocenters. The van der Waals surface area contributed by atoms with Gasteiger partial charge in [-0.05, 0) is 79.0 Å². The zero-order valence-electron chi connectivity index (χ0n) is 21.9. The van der Waals surface area contributed by atoms with Gasteiger partial charge in [-0.25, -0.2) is 4.98 Å². The minimum absolute atomic E-state index is 0.0407. The van der Waals surface area contributed by atoms with Crippen molar-refractivity contribution in [2.45, 2.75) is 45.4 Å². The number of nitrogens with one attached hydrogen (secondary N) is 2. The summed E-state index contributed by atoms with van der Waals surface area (Å²) < 4.78 is 8.55. The van der Waals surface area contributed by atoms with Crippen LogP contribution in [-0.4, -0.2) is 45.9 Å². The van der Waals surface area contributed by atoms with Crippen molar-refractivity contribution in [2.24, 2.45) is 5.73 Å². The van der Waals surface area contributed by atoms with Crippen molar-refractivity contribution in [3.63, 3.8) is 0 Å². The highest BCUT2D eigenvalue weighted by Crippen LogP contribution is 2.27. The third-order valence-electron chi connectivity index (χ3n) is 6.00. The van der Waals surface area contributed by atoms with E-state index in [1.165, 1.54) is 0 Å². The Hall–Kier alpha value is -3.40.